The molecule has 1 heterocycles. The summed E-state index contributed by atoms with van der Waals surface area (Å²) in [6, 6.07) is 7.95. The van der Waals surface area contributed by atoms with Crippen LogP contribution >= 0.6 is 53.1 Å². The number of halogens is 2. The van der Waals surface area contributed by atoms with E-state index in [2.05, 4.69) is 21.2 Å². The Kier molecular flexibility index (Phi) is 9.52. The van der Waals surface area contributed by atoms with Crippen LogP contribution in [-0.4, -0.2) is 31.2 Å². The summed E-state index contributed by atoms with van der Waals surface area (Å²) in [5.41, 5.74) is 2.21. The van der Waals surface area contributed by atoms with Crippen molar-refractivity contribution in [1.82, 2.24) is 0 Å². The van der Waals surface area contributed by atoms with Crippen LogP contribution in [0.25, 0.3) is 0 Å². The number of alkyl halides is 1. The first-order valence-electron chi connectivity index (χ1n) is 9.42. The number of esters is 1. The van der Waals surface area contributed by atoms with E-state index in [1.807, 2.05) is 45.0 Å². The largest absolute Gasteiger partial charge is 0.495 e. The van der Waals surface area contributed by atoms with E-state index in [9.17, 15) is 9.59 Å². The molecule has 1 unspecified atom stereocenters. The van der Waals surface area contributed by atoms with E-state index in [1.165, 1.54) is 18.3 Å². The second kappa shape index (κ2) is 11.2. The van der Waals surface area contributed by atoms with Crippen LogP contribution in [-0.2, 0) is 15.4 Å². The van der Waals surface area contributed by atoms with E-state index in [0.717, 1.165) is 27.3 Å². The van der Waals surface area contributed by atoms with E-state index in [4.69, 9.17) is 21.1 Å². The highest BCUT2D eigenvalue weighted by Crippen LogP contribution is 2.47. The number of aryl methyl sites for hydroxylation is 1. The summed E-state index contributed by atoms with van der Waals surface area (Å²) < 4.78 is 11.0. The maximum Gasteiger partial charge on any atom is 0.312 e. The summed E-state index contributed by atoms with van der Waals surface area (Å²) in [5.74, 6) is 0.995. The monoisotopic (exact) mass is 580 g/mol. The molecule has 0 saturated heterocycles. The van der Waals surface area contributed by atoms with Gasteiger partial charge in [-0.3, -0.25) is 9.59 Å². The molecule has 0 bridgehead atoms. The van der Waals surface area contributed by atoms with Gasteiger partial charge in [-0.05, 0) is 64.7 Å². The molecule has 0 N–H and O–H groups in total. The van der Waals surface area contributed by atoms with Crippen LogP contribution in [0, 0.1) is 12.3 Å². The first-order valence-corrected chi connectivity index (χ1v) is 14.3. The number of carbonyl (C=O) groups excluding carboxylic acids is 2. The molecule has 8 heteroatoms. The van der Waals surface area contributed by atoms with Crippen LogP contribution in [0.4, 0.5) is 0 Å². The SMILES string of the molecule is COc1cc(C(c2ccc(C)c(CCl)c2)C(C)(C)C(=O)OCCSI)sc1C(C)=O. The van der Waals surface area contributed by atoms with Crippen LogP contribution in [0.5, 0.6) is 5.75 Å². The van der Waals surface area contributed by atoms with Gasteiger partial charge in [0.25, 0.3) is 0 Å². The lowest BCUT2D eigenvalue weighted by molar-refractivity contribution is -0.154. The van der Waals surface area contributed by atoms with Crippen molar-refractivity contribution < 1.29 is 19.1 Å². The molecule has 0 aliphatic rings. The Morgan fingerprint density at radius 1 is 1.30 bits per heavy atom. The predicted molar refractivity (Wildman–Crippen MR) is 135 cm³/mol. The Morgan fingerprint density at radius 2 is 2.00 bits per heavy atom. The Bertz CT molecular complexity index is 911. The summed E-state index contributed by atoms with van der Waals surface area (Å²) in [6.07, 6.45) is 0. The molecule has 4 nitrogen and oxygen atoms in total. The Morgan fingerprint density at radius 3 is 2.53 bits per heavy atom. The van der Waals surface area contributed by atoms with Crippen LogP contribution in [0.1, 0.15) is 57.9 Å². The van der Waals surface area contributed by atoms with Crippen molar-refractivity contribution in [3.05, 3.63) is 50.7 Å². The number of hydrogen-bond donors (Lipinski definition) is 0. The fraction of sp³-hybridized carbons (Fsp3) is 0.455. The highest BCUT2D eigenvalue weighted by molar-refractivity contribution is 14.2. The zero-order chi connectivity index (χ0) is 22.5. The standard InChI is InChI=1S/C22H26ClIO4S2/c1-13-6-7-15(10-16(13)12-23)19(22(3,4)21(26)28-8-9-29-24)18-11-17(27-5)20(30-18)14(2)25/h6-7,10-11,19H,8-9,12H2,1-5H3. The second-order valence-electron chi connectivity index (χ2n) is 7.53. The van der Waals surface area contributed by atoms with Gasteiger partial charge in [-0.15, -0.1) is 22.9 Å². The maximum atomic E-state index is 13.1. The molecule has 0 radical (unpaired) electrons. The number of thiophene rings is 1. The quantitative estimate of drug-likeness (QED) is 0.102. The number of ether oxygens (including phenoxy) is 2. The molecular formula is C22H26ClIO4S2. The van der Waals surface area contributed by atoms with Gasteiger partial charge < -0.3 is 9.47 Å². The summed E-state index contributed by atoms with van der Waals surface area (Å²) in [6.45, 7) is 7.66. The van der Waals surface area contributed by atoms with Crippen LogP contribution in [0.15, 0.2) is 24.3 Å². The lowest BCUT2D eigenvalue weighted by Gasteiger charge is -2.32. The highest BCUT2D eigenvalue weighted by atomic mass is 127. The molecule has 30 heavy (non-hydrogen) atoms. The molecule has 2 rings (SSSR count). The van der Waals surface area contributed by atoms with Gasteiger partial charge in [0.15, 0.2) is 5.78 Å². The van der Waals surface area contributed by atoms with E-state index >= 15 is 0 Å². The summed E-state index contributed by atoms with van der Waals surface area (Å²) in [5, 5.41) is 0. The molecule has 0 fully saturated rings. The van der Waals surface area contributed by atoms with Crippen molar-refractivity contribution in [2.45, 2.75) is 39.5 Å². The Labute approximate surface area is 203 Å². The van der Waals surface area contributed by atoms with E-state index < -0.39 is 5.41 Å². The lowest BCUT2D eigenvalue weighted by atomic mass is 9.73. The lowest BCUT2D eigenvalue weighted by Crippen LogP contribution is -2.34. The Hall–Kier alpha value is -0.770. The Balaban J connectivity index is 2.61. The molecule has 0 aliphatic heterocycles. The first kappa shape index (κ1) is 25.5. The van der Waals surface area contributed by atoms with E-state index in [-0.39, 0.29) is 17.7 Å². The normalized spacial score (nSPS) is 12.5. The van der Waals surface area contributed by atoms with Gasteiger partial charge >= 0.3 is 5.97 Å². The molecule has 164 valence electrons. The van der Waals surface area contributed by atoms with Gasteiger partial charge in [0.05, 0.1) is 12.5 Å². The third-order valence-corrected chi connectivity index (χ3v) is 8.25. The zero-order valence-corrected chi connectivity index (χ0v) is 22.3. The highest BCUT2D eigenvalue weighted by Gasteiger charge is 2.42. The summed E-state index contributed by atoms with van der Waals surface area (Å²) in [4.78, 5) is 26.6. The zero-order valence-electron chi connectivity index (χ0n) is 17.7. The van der Waals surface area contributed by atoms with Gasteiger partial charge in [-0.2, -0.15) is 0 Å². The van der Waals surface area contributed by atoms with Crippen LogP contribution < -0.4 is 4.74 Å². The van der Waals surface area contributed by atoms with Crippen molar-refractivity contribution in [2.24, 2.45) is 5.41 Å². The molecule has 0 amide bonds. The van der Waals surface area contributed by atoms with E-state index in [1.54, 1.807) is 16.0 Å². The van der Waals surface area contributed by atoms with Gasteiger partial charge in [0.1, 0.15) is 17.2 Å². The minimum absolute atomic E-state index is 0.0633. The smallest absolute Gasteiger partial charge is 0.312 e. The minimum Gasteiger partial charge on any atom is -0.495 e. The van der Waals surface area contributed by atoms with Crippen molar-refractivity contribution >= 4 is 64.8 Å². The molecule has 0 saturated carbocycles. The number of benzene rings is 1. The summed E-state index contributed by atoms with van der Waals surface area (Å²) >= 11 is 9.70. The van der Waals surface area contributed by atoms with Crippen molar-refractivity contribution in [2.75, 3.05) is 19.5 Å². The topological polar surface area (TPSA) is 52.6 Å². The number of methoxy groups -OCH3 is 1. The van der Waals surface area contributed by atoms with Crippen LogP contribution in [0.3, 0.4) is 0 Å². The third kappa shape index (κ3) is 5.72. The molecule has 1 aromatic carbocycles. The second-order valence-corrected chi connectivity index (χ2v) is 11.4. The third-order valence-electron chi connectivity index (χ3n) is 5.03. The average Bonchev–Trinajstić information content (AvgIpc) is 3.13. The molecule has 0 aliphatic carbocycles. The van der Waals surface area contributed by atoms with Gasteiger partial charge in [-0.25, -0.2) is 0 Å². The first-order chi connectivity index (χ1) is 14.2. The maximum absolute atomic E-state index is 13.1. The average molecular weight is 581 g/mol. The minimum atomic E-state index is -0.862. The van der Waals surface area contributed by atoms with Crippen molar-refractivity contribution in [1.29, 1.82) is 0 Å². The van der Waals surface area contributed by atoms with Gasteiger partial charge in [0, 0.05) is 29.4 Å². The number of ketones is 1. The molecule has 1 aromatic heterocycles. The number of hydrogen-bond acceptors (Lipinski definition) is 6. The predicted octanol–water partition coefficient (Wildman–Crippen LogP) is 6.79. The van der Waals surface area contributed by atoms with Gasteiger partial charge in [-0.1, -0.05) is 27.1 Å². The van der Waals surface area contributed by atoms with E-state index in [0.29, 0.717) is 23.1 Å². The van der Waals surface area contributed by atoms with Crippen LogP contribution in [0.2, 0.25) is 0 Å². The van der Waals surface area contributed by atoms with Crippen molar-refractivity contribution in [3.8, 4) is 5.75 Å². The van der Waals surface area contributed by atoms with Gasteiger partial charge in [0.2, 0.25) is 0 Å². The van der Waals surface area contributed by atoms with Crippen molar-refractivity contribution in [3.63, 3.8) is 0 Å². The molecular weight excluding hydrogens is 555 g/mol. The number of rotatable bonds is 10. The number of Topliss-reactive ketones (excluding diaryl/α,β-unsaturated/α-hetero) is 1. The molecule has 1 atom stereocenters. The fourth-order valence-electron chi connectivity index (χ4n) is 3.35. The fourth-order valence-corrected chi connectivity index (χ4v) is 5.66. The number of carbonyl (C=O) groups is 2. The molecule has 2 aromatic rings. The molecule has 0 spiro atoms. The summed E-state index contributed by atoms with van der Waals surface area (Å²) in [7, 11) is 3.15.